The van der Waals surface area contributed by atoms with Crippen LogP contribution in [0.4, 0.5) is 5.13 Å². The van der Waals surface area contributed by atoms with E-state index < -0.39 is 0 Å². The number of anilines is 1. The Bertz CT molecular complexity index is 974. The normalized spacial score (nSPS) is 16.3. The molecule has 0 bridgehead atoms. The number of benzene rings is 1. The predicted octanol–water partition coefficient (Wildman–Crippen LogP) is 5.30. The van der Waals surface area contributed by atoms with E-state index in [0.717, 1.165) is 30.7 Å². The molecule has 0 aliphatic carbocycles. The fourth-order valence-corrected chi connectivity index (χ4v) is 4.84. The summed E-state index contributed by atoms with van der Waals surface area (Å²) in [4.78, 5) is 19.7. The van der Waals surface area contributed by atoms with Crippen LogP contribution in [0.2, 0.25) is 0 Å². The smallest absolute Gasteiger partial charge is 0.257 e. The van der Waals surface area contributed by atoms with Crippen LogP contribution in [0.15, 0.2) is 35.7 Å². The first-order valence-corrected chi connectivity index (χ1v) is 11.0. The highest BCUT2D eigenvalue weighted by Crippen LogP contribution is 2.32. The van der Waals surface area contributed by atoms with E-state index in [0.29, 0.717) is 23.1 Å². The van der Waals surface area contributed by atoms with Crippen molar-refractivity contribution in [2.24, 2.45) is 0 Å². The fraction of sp³-hybridized carbons (Fsp3) is 0.333. The van der Waals surface area contributed by atoms with Crippen LogP contribution >= 0.6 is 22.7 Å². The monoisotopic (exact) mass is 414 g/mol. The van der Waals surface area contributed by atoms with Gasteiger partial charge in [-0.1, -0.05) is 6.07 Å². The van der Waals surface area contributed by atoms with Gasteiger partial charge in [0.2, 0.25) is 0 Å². The molecule has 1 N–H and O–H groups in total. The molecule has 1 saturated heterocycles. The second-order valence-corrected chi connectivity index (χ2v) is 9.11. The maximum atomic E-state index is 12.6. The molecule has 0 spiro atoms. The summed E-state index contributed by atoms with van der Waals surface area (Å²) in [6, 6.07) is 9.34. The van der Waals surface area contributed by atoms with Gasteiger partial charge in [-0.3, -0.25) is 10.1 Å². The molecule has 2 aromatic heterocycles. The number of nitrogens with one attached hydrogen (secondary N) is 1. The van der Waals surface area contributed by atoms with E-state index >= 15 is 0 Å². The highest BCUT2D eigenvalue weighted by molar-refractivity contribution is 7.14. The van der Waals surface area contributed by atoms with Crippen LogP contribution < -0.4 is 10.1 Å². The van der Waals surface area contributed by atoms with Crippen LogP contribution in [-0.2, 0) is 4.74 Å². The van der Waals surface area contributed by atoms with Crippen molar-refractivity contribution in [1.29, 1.82) is 0 Å². The van der Waals surface area contributed by atoms with E-state index in [1.807, 2.05) is 17.5 Å². The second kappa shape index (κ2) is 8.43. The molecule has 3 heterocycles. The van der Waals surface area contributed by atoms with Gasteiger partial charge in [-0.15, -0.1) is 22.7 Å². The molecule has 28 heavy (non-hydrogen) atoms. The minimum atomic E-state index is -0.193. The Balaban J connectivity index is 1.41. The molecule has 4 rings (SSSR count). The van der Waals surface area contributed by atoms with Crippen LogP contribution in [0.25, 0.3) is 11.3 Å². The summed E-state index contributed by atoms with van der Waals surface area (Å²) >= 11 is 3.18. The van der Waals surface area contributed by atoms with Gasteiger partial charge >= 0.3 is 0 Å². The molecule has 7 heteroatoms. The Hall–Kier alpha value is -2.22. The van der Waals surface area contributed by atoms with Crippen molar-refractivity contribution >= 4 is 33.7 Å². The van der Waals surface area contributed by atoms with E-state index in [1.165, 1.54) is 21.1 Å². The lowest BCUT2D eigenvalue weighted by Crippen LogP contribution is -2.16. The SMILES string of the molecule is Cc1cc(-c2csc(NC(=O)c3cccc(OCC4CCCO4)c3)n2)c(C)s1. The lowest BCUT2D eigenvalue weighted by molar-refractivity contribution is 0.0679. The zero-order valence-corrected chi connectivity index (χ0v) is 17.5. The summed E-state index contributed by atoms with van der Waals surface area (Å²) in [5.41, 5.74) is 2.57. The van der Waals surface area contributed by atoms with Crippen molar-refractivity contribution in [2.45, 2.75) is 32.8 Å². The maximum Gasteiger partial charge on any atom is 0.257 e. The van der Waals surface area contributed by atoms with Crippen molar-refractivity contribution in [3.63, 3.8) is 0 Å². The molecule has 1 amide bonds. The maximum absolute atomic E-state index is 12.6. The first-order chi connectivity index (χ1) is 13.6. The van der Waals surface area contributed by atoms with Crippen molar-refractivity contribution < 1.29 is 14.3 Å². The van der Waals surface area contributed by atoms with Crippen molar-refractivity contribution in [1.82, 2.24) is 4.98 Å². The van der Waals surface area contributed by atoms with Gasteiger partial charge in [-0.05, 0) is 51.0 Å². The van der Waals surface area contributed by atoms with Crippen LogP contribution in [0.3, 0.4) is 0 Å². The molecule has 0 saturated carbocycles. The van der Waals surface area contributed by atoms with E-state index in [4.69, 9.17) is 9.47 Å². The Morgan fingerprint density at radius 2 is 2.25 bits per heavy atom. The highest BCUT2D eigenvalue weighted by Gasteiger charge is 2.17. The van der Waals surface area contributed by atoms with Crippen LogP contribution in [0, 0.1) is 13.8 Å². The predicted molar refractivity (Wildman–Crippen MR) is 114 cm³/mol. The average molecular weight is 415 g/mol. The molecule has 0 radical (unpaired) electrons. The third-order valence-corrected chi connectivity index (χ3v) is 6.32. The van der Waals surface area contributed by atoms with E-state index in [9.17, 15) is 4.79 Å². The van der Waals surface area contributed by atoms with Crippen LogP contribution in [0.1, 0.15) is 33.0 Å². The molecule has 1 fully saturated rings. The number of thiazole rings is 1. The van der Waals surface area contributed by atoms with Gasteiger partial charge in [0, 0.05) is 32.9 Å². The van der Waals surface area contributed by atoms with Crippen LogP contribution in [0.5, 0.6) is 5.75 Å². The number of nitrogens with zero attached hydrogens (tertiary/aromatic N) is 1. The van der Waals surface area contributed by atoms with Crippen molar-refractivity contribution in [3.05, 3.63) is 51.0 Å². The fourth-order valence-electron chi connectivity index (χ4n) is 3.20. The summed E-state index contributed by atoms with van der Waals surface area (Å²) < 4.78 is 11.4. The number of amides is 1. The Kier molecular flexibility index (Phi) is 5.75. The van der Waals surface area contributed by atoms with Gasteiger partial charge in [0.15, 0.2) is 5.13 Å². The second-order valence-electron chi connectivity index (χ2n) is 6.79. The number of hydrogen-bond acceptors (Lipinski definition) is 6. The highest BCUT2D eigenvalue weighted by atomic mass is 32.1. The molecular formula is C21H22N2O3S2. The first-order valence-electron chi connectivity index (χ1n) is 9.27. The molecule has 3 aromatic rings. The summed E-state index contributed by atoms with van der Waals surface area (Å²) in [5, 5.41) is 5.46. The van der Waals surface area contributed by atoms with Crippen molar-refractivity contribution in [2.75, 3.05) is 18.5 Å². The number of thiophene rings is 1. The van der Waals surface area contributed by atoms with Gasteiger partial charge in [0.05, 0.1) is 11.8 Å². The summed E-state index contributed by atoms with van der Waals surface area (Å²) in [6.45, 7) is 5.49. The molecule has 146 valence electrons. The molecule has 1 aliphatic heterocycles. The third kappa shape index (κ3) is 4.43. The number of ether oxygens (including phenoxy) is 2. The molecular weight excluding hydrogens is 392 g/mol. The minimum Gasteiger partial charge on any atom is -0.491 e. The molecule has 1 unspecified atom stereocenters. The average Bonchev–Trinajstić information content (AvgIpc) is 3.42. The van der Waals surface area contributed by atoms with Gasteiger partial charge in [-0.25, -0.2) is 4.98 Å². The molecule has 1 aliphatic rings. The molecule has 1 atom stereocenters. The number of hydrogen-bond donors (Lipinski definition) is 1. The number of aryl methyl sites for hydroxylation is 2. The Morgan fingerprint density at radius 3 is 3.00 bits per heavy atom. The zero-order chi connectivity index (χ0) is 19.5. The number of rotatable bonds is 6. The quantitative estimate of drug-likeness (QED) is 0.595. The number of carbonyl (C=O) groups is 1. The largest absolute Gasteiger partial charge is 0.491 e. The number of aromatic nitrogens is 1. The van der Waals surface area contributed by atoms with Crippen molar-refractivity contribution in [3.8, 4) is 17.0 Å². The summed E-state index contributed by atoms with van der Waals surface area (Å²) in [6.07, 6.45) is 2.25. The minimum absolute atomic E-state index is 0.149. The van der Waals surface area contributed by atoms with E-state index in [1.54, 1.807) is 23.5 Å². The molecule has 5 nitrogen and oxygen atoms in total. The van der Waals surface area contributed by atoms with Crippen LogP contribution in [-0.4, -0.2) is 30.2 Å². The Morgan fingerprint density at radius 1 is 1.36 bits per heavy atom. The standard InChI is InChI=1S/C21H22N2O3S2/c1-13-9-18(14(2)28-13)19-12-27-21(22-19)23-20(24)15-5-3-6-16(10-15)26-11-17-7-4-8-25-17/h3,5-6,9-10,12,17H,4,7-8,11H2,1-2H3,(H,22,23,24). The summed E-state index contributed by atoms with van der Waals surface area (Å²) in [7, 11) is 0. The summed E-state index contributed by atoms with van der Waals surface area (Å²) in [5.74, 6) is 0.481. The molecule has 1 aromatic carbocycles. The lowest BCUT2D eigenvalue weighted by Gasteiger charge is -2.12. The topological polar surface area (TPSA) is 60.5 Å². The van der Waals surface area contributed by atoms with E-state index in [2.05, 4.69) is 30.2 Å². The van der Waals surface area contributed by atoms with Gasteiger partial charge in [0.1, 0.15) is 12.4 Å². The first kappa shape index (κ1) is 19.1. The lowest BCUT2D eigenvalue weighted by atomic mass is 10.2. The van der Waals surface area contributed by atoms with Gasteiger partial charge in [0.25, 0.3) is 5.91 Å². The van der Waals surface area contributed by atoms with E-state index in [-0.39, 0.29) is 12.0 Å². The third-order valence-electron chi connectivity index (χ3n) is 4.60. The number of carbonyl (C=O) groups excluding carboxylic acids is 1. The van der Waals surface area contributed by atoms with Gasteiger partial charge in [-0.2, -0.15) is 0 Å². The Labute approximate surface area is 172 Å². The van der Waals surface area contributed by atoms with Gasteiger partial charge < -0.3 is 9.47 Å². The zero-order valence-electron chi connectivity index (χ0n) is 15.9.